The minimum absolute atomic E-state index is 0.0482. The Morgan fingerprint density at radius 3 is 2.24 bits per heavy atom. The molecule has 1 unspecified atom stereocenters. The third-order valence-corrected chi connectivity index (χ3v) is 4.75. The van der Waals surface area contributed by atoms with Gasteiger partial charge in [0.25, 0.3) is 10.2 Å². The Kier molecular flexibility index (Phi) is 5.30. The van der Waals surface area contributed by atoms with E-state index in [1.54, 1.807) is 0 Å². The highest BCUT2D eigenvalue weighted by Gasteiger charge is 2.29. The normalized spacial score (nSPS) is 20.4. The van der Waals surface area contributed by atoms with E-state index >= 15 is 0 Å². The number of rotatable bonds is 5. The molecule has 0 aromatic carbocycles. The van der Waals surface area contributed by atoms with Crippen LogP contribution in [-0.2, 0) is 10.2 Å². The zero-order valence-electron chi connectivity index (χ0n) is 10.3. The maximum Gasteiger partial charge on any atom is 0.280 e. The molecule has 5 nitrogen and oxygen atoms in total. The fourth-order valence-corrected chi connectivity index (χ4v) is 3.88. The molecular weight excluding hydrogens is 258 g/mol. The van der Waals surface area contributed by atoms with Crippen molar-refractivity contribution in [1.82, 2.24) is 9.03 Å². The number of piperidine rings is 1. The Hall–Kier alpha value is -0.240. The highest BCUT2D eigenvalue weighted by molar-refractivity contribution is 7.87. The molecule has 0 spiro atoms. The molecule has 0 saturated carbocycles. The van der Waals surface area contributed by atoms with Gasteiger partial charge in [0, 0.05) is 13.1 Å². The summed E-state index contributed by atoms with van der Waals surface area (Å²) in [5, 5.41) is 0. The average Bonchev–Trinajstić information content (AvgIpc) is 2.26. The van der Waals surface area contributed by atoms with Gasteiger partial charge in [-0.25, -0.2) is 0 Å². The number of hydrogen-bond acceptors (Lipinski definition) is 3. The molecule has 0 aromatic heterocycles. The summed E-state index contributed by atoms with van der Waals surface area (Å²) in [4.78, 5) is 0.195. The second-order valence-corrected chi connectivity index (χ2v) is 6.88. The van der Waals surface area contributed by atoms with Crippen molar-refractivity contribution in [2.75, 3.05) is 13.1 Å². The van der Waals surface area contributed by atoms with Crippen LogP contribution in [0.3, 0.4) is 0 Å². The van der Waals surface area contributed by atoms with Crippen LogP contribution in [0.25, 0.3) is 0 Å². The molecule has 0 aliphatic carbocycles. The summed E-state index contributed by atoms with van der Waals surface area (Å²) in [5.41, 5.74) is 5.56. The van der Waals surface area contributed by atoms with Crippen molar-refractivity contribution in [3.63, 3.8) is 0 Å². The van der Waals surface area contributed by atoms with Crippen LogP contribution in [0.15, 0.2) is 0 Å². The molecule has 100 valence electrons. The van der Waals surface area contributed by atoms with Gasteiger partial charge in [-0.15, -0.1) is 0 Å². The zero-order chi connectivity index (χ0) is 13.1. The molecule has 0 radical (unpaired) electrons. The molecule has 1 saturated heterocycles. The number of thiocarbonyl (C=S) groups is 1. The van der Waals surface area contributed by atoms with E-state index in [9.17, 15) is 8.42 Å². The molecule has 1 fully saturated rings. The molecule has 1 aliphatic heterocycles. The Balaban J connectivity index is 2.73. The first kappa shape index (κ1) is 14.8. The maximum absolute atomic E-state index is 12.1. The average molecular weight is 279 g/mol. The fraction of sp³-hybridized carbons (Fsp3) is 0.900. The minimum atomic E-state index is -3.46. The van der Waals surface area contributed by atoms with Crippen LogP contribution in [0.1, 0.15) is 33.1 Å². The summed E-state index contributed by atoms with van der Waals surface area (Å²) in [6, 6.07) is -0.475. The lowest BCUT2D eigenvalue weighted by Gasteiger charge is -2.29. The molecule has 7 heteroatoms. The van der Waals surface area contributed by atoms with Crippen LogP contribution in [0.5, 0.6) is 0 Å². The third kappa shape index (κ3) is 4.17. The zero-order valence-corrected chi connectivity index (χ0v) is 12.0. The summed E-state index contributed by atoms with van der Waals surface area (Å²) in [7, 11) is -3.46. The van der Waals surface area contributed by atoms with Gasteiger partial charge in [0.2, 0.25) is 0 Å². The summed E-state index contributed by atoms with van der Waals surface area (Å²) >= 11 is 4.89. The van der Waals surface area contributed by atoms with Crippen molar-refractivity contribution in [2.24, 2.45) is 11.7 Å². The first-order chi connectivity index (χ1) is 7.84. The summed E-state index contributed by atoms with van der Waals surface area (Å²) in [6.07, 6.45) is 2.93. The van der Waals surface area contributed by atoms with E-state index in [0.717, 1.165) is 19.3 Å². The van der Waals surface area contributed by atoms with Crippen LogP contribution in [-0.4, -0.2) is 36.8 Å². The third-order valence-electron chi connectivity index (χ3n) is 2.90. The Morgan fingerprint density at radius 1 is 1.29 bits per heavy atom. The smallest absolute Gasteiger partial charge is 0.280 e. The molecule has 1 aliphatic rings. The molecule has 3 N–H and O–H groups in total. The van der Waals surface area contributed by atoms with E-state index in [4.69, 9.17) is 18.0 Å². The lowest BCUT2D eigenvalue weighted by Crippen LogP contribution is -2.52. The van der Waals surface area contributed by atoms with Crippen LogP contribution >= 0.6 is 12.2 Å². The Morgan fingerprint density at radius 2 is 1.82 bits per heavy atom. The van der Waals surface area contributed by atoms with Crippen LogP contribution < -0.4 is 10.5 Å². The van der Waals surface area contributed by atoms with Crippen molar-refractivity contribution >= 4 is 27.4 Å². The number of nitrogens with one attached hydrogen (secondary N) is 1. The minimum Gasteiger partial charge on any atom is -0.392 e. The topological polar surface area (TPSA) is 75.4 Å². The van der Waals surface area contributed by atoms with E-state index in [0.29, 0.717) is 13.1 Å². The number of nitrogens with two attached hydrogens (primary N) is 1. The molecule has 1 atom stereocenters. The fourth-order valence-electron chi connectivity index (χ4n) is 1.86. The molecule has 17 heavy (non-hydrogen) atoms. The molecular formula is C10H21N3O2S2. The lowest BCUT2D eigenvalue weighted by atomic mass is 10.1. The second kappa shape index (κ2) is 6.08. The predicted molar refractivity (Wildman–Crippen MR) is 72.9 cm³/mol. The quantitative estimate of drug-likeness (QED) is 0.723. The monoisotopic (exact) mass is 279 g/mol. The molecule has 1 heterocycles. The predicted octanol–water partition coefficient (Wildman–Crippen LogP) is 0.617. The summed E-state index contributed by atoms with van der Waals surface area (Å²) in [6.45, 7) is 4.94. The van der Waals surface area contributed by atoms with Crippen molar-refractivity contribution < 1.29 is 8.42 Å². The van der Waals surface area contributed by atoms with Gasteiger partial charge in [-0.3, -0.25) is 0 Å². The van der Waals surface area contributed by atoms with Crippen molar-refractivity contribution in [2.45, 2.75) is 39.2 Å². The molecule has 0 bridgehead atoms. The first-order valence-corrected chi connectivity index (χ1v) is 7.76. The number of nitrogens with zero attached hydrogens (tertiary/aromatic N) is 1. The Bertz CT molecular complexity index is 362. The maximum atomic E-state index is 12.1. The van der Waals surface area contributed by atoms with E-state index < -0.39 is 16.3 Å². The van der Waals surface area contributed by atoms with Gasteiger partial charge in [-0.2, -0.15) is 17.4 Å². The van der Waals surface area contributed by atoms with Crippen LogP contribution in [0.2, 0.25) is 0 Å². The van der Waals surface area contributed by atoms with Crippen molar-refractivity contribution in [3.05, 3.63) is 0 Å². The molecule has 1 rings (SSSR count). The van der Waals surface area contributed by atoms with Crippen LogP contribution in [0, 0.1) is 5.92 Å². The highest BCUT2D eigenvalue weighted by Crippen LogP contribution is 2.13. The largest absolute Gasteiger partial charge is 0.392 e. The van der Waals surface area contributed by atoms with E-state index in [2.05, 4.69) is 4.72 Å². The van der Waals surface area contributed by atoms with Gasteiger partial charge < -0.3 is 5.73 Å². The van der Waals surface area contributed by atoms with Gasteiger partial charge >= 0.3 is 0 Å². The SMILES string of the molecule is CC(C)C(NS(=O)(=O)N1CCCCC1)C(N)=S. The Labute approximate surface area is 109 Å². The van der Waals surface area contributed by atoms with E-state index in [1.807, 2.05) is 13.8 Å². The molecule has 0 aromatic rings. The van der Waals surface area contributed by atoms with Gasteiger partial charge in [0.15, 0.2) is 0 Å². The van der Waals surface area contributed by atoms with Crippen molar-refractivity contribution in [3.8, 4) is 0 Å². The van der Waals surface area contributed by atoms with Gasteiger partial charge in [-0.05, 0) is 18.8 Å². The van der Waals surface area contributed by atoms with Crippen LogP contribution in [0.4, 0.5) is 0 Å². The van der Waals surface area contributed by atoms with Gasteiger partial charge in [0.1, 0.15) is 0 Å². The van der Waals surface area contributed by atoms with Gasteiger partial charge in [0.05, 0.1) is 11.0 Å². The highest BCUT2D eigenvalue weighted by atomic mass is 32.2. The van der Waals surface area contributed by atoms with E-state index in [-0.39, 0.29) is 10.9 Å². The molecule has 0 amide bonds. The second-order valence-electron chi connectivity index (χ2n) is 4.71. The van der Waals surface area contributed by atoms with Crippen molar-refractivity contribution in [1.29, 1.82) is 0 Å². The standard InChI is InChI=1S/C10H21N3O2S2/c1-8(2)9(10(11)16)12-17(14,15)13-6-4-3-5-7-13/h8-9,12H,3-7H2,1-2H3,(H2,11,16). The van der Waals surface area contributed by atoms with E-state index in [1.165, 1.54) is 4.31 Å². The summed E-state index contributed by atoms with van der Waals surface area (Å²) in [5.74, 6) is 0.0482. The first-order valence-electron chi connectivity index (χ1n) is 5.91. The lowest BCUT2D eigenvalue weighted by molar-refractivity contribution is 0.338. The number of hydrogen-bond donors (Lipinski definition) is 2. The van der Waals surface area contributed by atoms with Gasteiger partial charge in [-0.1, -0.05) is 32.5 Å². The summed E-state index contributed by atoms with van der Waals surface area (Å²) < 4.78 is 28.3.